The summed E-state index contributed by atoms with van der Waals surface area (Å²) in [5, 5.41) is 3.24. The van der Waals surface area contributed by atoms with Crippen LogP contribution in [0.25, 0.3) is 6.08 Å². The Bertz CT molecular complexity index is 2200. The Morgan fingerprint density at radius 1 is 0.774 bits per heavy atom. The van der Waals surface area contributed by atoms with Crippen molar-refractivity contribution in [1.29, 1.82) is 0 Å². The number of anilines is 2. The third-order valence-electron chi connectivity index (χ3n) is 10.3. The summed E-state index contributed by atoms with van der Waals surface area (Å²) >= 11 is 12.3. The summed E-state index contributed by atoms with van der Waals surface area (Å²) in [7, 11) is 1.54. The number of nitrogens with one attached hydrogen (secondary N) is 1. The first-order valence-corrected chi connectivity index (χ1v) is 18.2. The molecule has 1 saturated heterocycles. The van der Waals surface area contributed by atoms with E-state index in [0.29, 0.717) is 32.8 Å². The second kappa shape index (κ2) is 14.5. The third kappa shape index (κ3) is 6.65. The van der Waals surface area contributed by atoms with Gasteiger partial charge >= 0.3 is 6.03 Å². The van der Waals surface area contributed by atoms with E-state index >= 15 is 0 Å². The molecule has 0 spiro atoms. The number of ether oxygens (including phenoxy) is 2. The molecule has 2 atom stereocenters. The molecule has 1 fully saturated rings. The Balaban J connectivity index is 1.21. The summed E-state index contributed by atoms with van der Waals surface area (Å²) in [6.07, 6.45) is 3.23. The first-order chi connectivity index (χ1) is 25.8. The van der Waals surface area contributed by atoms with Gasteiger partial charge in [0.05, 0.1) is 22.8 Å². The molecule has 266 valence electrons. The van der Waals surface area contributed by atoms with Crippen molar-refractivity contribution in [1.82, 2.24) is 5.32 Å². The molecule has 8 nitrogen and oxygen atoms in total. The number of urea groups is 1. The second-order valence-electron chi connectivity index (χ2n) is 13.4. The smallest absolute Gasteiger partial charge is 0.335 e. The Hall–Kier alpha value is -5.57. The van der Waals surface area contributed by atoms with Gasteiger partial charge in [0.1, 0.15) is 23.7 Å². The average Bonchev–Trinajstić information content (AvgIpc) is 3.18. The molecule has 0 radical (unpaired) electrons. The molecule has 0 aliphatic carbocycles. The van der Waals surface area contributed by atoms with Gasteiger partial charge < -0.3 is 14.4 Å². The van der Waals surface area contributed by atoms with Gasteiger partial charge in [0.25, 0.3) is 11.8 Å². The Kier molecular flexibility index (Phi) is 9.41. The minimum absolute atomic E-state index is 0.0600. The number of benzene rings is 5. The highest BCUT2D eigenvalue weighted by Gasteiger charge is 2.40. The molecule has 4 amide bonds. The largest absolute Gasteiger partial charge is 0.497 e. The molecular formula is C43H35Cl2N3O5. The number of methoxy groups -OCH3 is 1. The number of amides is 4. The zero-order chi connectivity index (χ0) is 36.6. The van der Waals surface area contributed by atoms with E-state index in [1.165, 1.54) is 24.3 Å². The minimum Gasteiger partial charge on any atom is -0.497 e. The standard InChI is InChI=1S/C43H35Cl2N3O5/c1-52-31-14-13-29(39(24-31)53-25-26-12-15-37(44)38(45)20-26)21-36-41(49)46-43(51)48(42(36)50)30-22-34-32(27-8-4-2-5-9-27)16-18-47-19-17-33(35(23-30)40(34)47)28-10-6-3-7-11-28/h2-15,20-24,32-33H,16-19,25H2,1H3,(H,46,49,51)/b36-21+/t32-,33-/m0/s1. The lowest BCUT2D eigenvalue weighted by atomic mass is 9.76. The van der Waals surface area contributed by atoms with Crippen molar-refractivity contribution in [3.63, 3.8) is 0 Å². The zero-order valence-corrected chi connectivity index (χ0v) is 30.4. The number of halogens is 2. The quantitative estimate of drug-likeness (QED) is 0.126. The Labute approximate surface area is 317 Å². The molecule has 0 unspecified atom stereocenters. The van der Waals surface area contributed by atoms with Crippen LogP contribution in [0.15, 0.2) is 115 Å². The predicted octanol–water partition coefficient (Wildman–Crippen LogP) is 9.12. The van der Waals surface area contributed by atoms with Crippen molar-refractivity contribution in [3.05, 3.63) is 158 Å². The maximum Gasteiger partial charge on any atom is 0.335 e. The van der Waals surface area contributed by atoms with Crippen LogP contribution < -0.4 is 24.6 Å². The topological polar surface area (TPSA) is 88.2 Å². The monoisotopic (exact) mass is 743 g/mol. The van der Waals surface area contributed by atoms with E-state index in [1.807, 2.05) is 48.5 Å². The van der Waals surface area contributed by atoms with Crippen LogP contribution in [0.3, 0.4) is 0 Å². The molecule has 3 heterocycles. The fourth-order valence-corrected chi connectivity index (χ4v) is 8.01. The first kappa shape index (κ1) is 34.5. The highest BCUT2D eigenvalue weighted by molar-refractivity contribution is 6.42. The molecule has 8 rings (SSSR count). The molecule has 53 heavy (non-hydrogen) atoms. The maximum absolute atomic E-state index is 14.5. The fourth-order valence-electron chi connectivity index (χ4n) is 7.69. The number of rotatable bonds is 8. The normalized spacial score (nSPS) is 18.8. The van der Waals surface area contributed by atoms with Crippen molar-refractivity contribution in [3.8, 4) is 11.5 Å². The van der Waals surface area contributed by atoms with E-state index < -0.39 is 17.8 Å². The van der Waals surface area contributed by atoms with Gasteiger partial charge in [-0.05, 0) is 83.1 Å². The van der Waals surface area contributed by atoms with E-state index in [0.717, 1.165) is 53.2 Å². The molecule has 5 aromatic carbocycles. The van der Waals surface area contributed by atoms with Crippen LogP contribution in [0, 0.1) is 0 Å². The average molecular weight is 745 g/mol. The lowest BCUT2D eigenvalue weighted by molar-refractivity contribution is -0.122. The van der Waals surface area contributed by atoms with E-state index in [4.69, 9.17) is 32.7 Å². The van der Waals surface area contributed by atoms with Gasteiger partial charge in [-0.15, -0.1) is 0 Å². The van der Waals surface area contributed by atoms with Crippen molar-refractivity contribution < 1.29 is 23.9 Å². The number of barbiturate groups is 1. The lowest BCUT2D eigenvalue weighted by Crippen LogP contribution is -2.54. The van der Waals surface area contributed by atoms with E-state index in [9.17, 15) is 14.4 Å². The van der Waals surface area contributed by atoms with Crippen molar-refractivity contribution in [2.45, 2.75) is 31.3 Å². The van der Waals surface area contributed by atoms with Crippen molar-refractivity contribution in [2.24, 2.45) is 0 Å². The summed E-state index contributed by atoms with van der Waals surface area (Å²) in [5.74, 6) is -0.521. The molecular weight excluding hydrogens is 709 g/mol. The molecule has 0 saturated carbocycles. The van der Waals surface area contributed by atoms with Gasteiger partial charge in [-0.2, -0.15) is 0 Å². The van der Waals surface area contributed by atoms with Crippen LogP contribution in [-0.2, 0) is 16.2 Å². The molecule has 10 heteroatoms. The van der Waals surface area contributed by atoms with Gasteiger partial charge in [0.2, 0.25) is 0 Å². The summed E-state index contributed by atoms with van der Waals surface area (Å²) in [4.78, 5) is 45.1. The van der Waals surface area contributed by atoms with Gasteiger partial charge in [-0.25, -0.2) is 9.69 Å². The number of nitrogens with zero attached hydrogens (tertiary/aromatic N) is 2. The maximum atomic E-state index is 14.5. The van der Waals surface area contributed by atoms with Crippen LogP contribution in [0.5, 0.6) is 11.5 Å². The summed E-state index contributed by atoms with van der Waals surface area (Å²) in [6.45, 7) is 1.94. The Morgan fingerprint density at radius 3 is 2.02 bits per heavy atom. The summed E-state index contributed by atoms with van der Waals surface area (Å²) in [6, 6.07) is 34.1. The van der Waals surface area contributed by atoms with E-state index in [-0.39, 0.29) is 24.0 Å². The first-order valence-electron chi connectivity index (χ1n) is 17.5. The van der Waals surface area contributed by atoms with Crippen molar-refractivity contribution >= 4 is 58.5 Å². The molecule has 5 aromatic rings. The van der Waals surface area contributed by atoms with Crippen LogP contribution in [0.2, 0.25) is 10.0 Å². The highest BCUT2D eigenvalue weighted by atomic mass is 35.5. The minimum atomic E-state index is -0.800. The molecule has 3 aliphatic rings. The molecule has 0 bridgehead atoms. The number of hydrogen-bond donors (Lipinski definition) is 1. The van der Waals surface area contributed by atoms with Crippen LogP contribution in [-0.4, -0.2) is 38.0 Å². The van der Waals surface area contributed by atoms with E-state index in [1.54, 1.807) is 36.4 Å². The van der Waals surface area contributed by atoms with Crippen LogP contribution >= 0.6 is 23.2 Å². The predicted molar refractivity (Wildman–Crippen MR) is 207 cm³/mol. The summed E-state index contributed by atoms with van der Waals surface area (Å²) < 4.78 is 11.6. The number of hydrogen-bond acceptors (Lipinski definition) is 6. The highest BCUT2D eigenvalue weighted by Crippen LogP contribution is 2.50. The second-order valence-corrected chi connectivity index (χ2v) is 14.2. The zero-order valence-electron chi connectivity index (χ0n) is 28.9. The van der Waals surface area contributed by atoms with Gasteiger partial charge in [-0.1, -0.05) is 89.9 Å². The van der Waals surface area contributed by atoms with Crippen LogP contribution in [0.1, 0.15) is 58.1 Å². The van der Waals surface area contributed by atoms with Gasteiger partial charge in [-0.3, -0.25) is 14.9 Å². The van der Waals surface area contributed by atoms with E-state index in [2.05, 4.69) is 34.5 Å². The van der Waals surface area contributed by atoms with Gasteiger partial charge in [0.15, 0.2) is 0 Å². The van der Waals surface area contributed by atoms with Gasteiger partial charge in [0, 0.05) is 42.2 Å². The lowest BCUT2D eigenvalue weighted by Gasteiger charge is -2.44. The van der Waals surface area contributed by atoms with Crippen LogP contribution in [0.4, 0.5) is 16.2 Å². The molecule has 3 aliphatic heterocycles. The Morgan fingerprint density at radius 2 is 1.42 bits per heavy atom. The molecule has 1 N–H and O–H groups in total. The third-order valence-corrected chi connectivity index (χ3v) is 11.0. The number of carbonyl (C=O) groups excluding carboxylic acids is 3. The fraction of sp³-hybridized carbons (Fsp3) is 0.186. The number of imide groups is 2. The van der Waals surface area contributed by atoms with Crippen molar-refractivity contribution in [2.75, 3.05) is 30.0 Å². The molecule has 0 aromatic heterocycles. The summed E-state index contributed by atoms with van der Waals surface area (Å²) in [5.41, 5.74) is 7.05. The SMILES string of the molecule is COc1ccc(/C=C2\C(=O)NC(=O)N(c3cc4c5c(c3)[C@H](c3ccccc3)CCN5CC[C@H]4c3ccccc3)C2=O)c(OCc2ccc(Cl)c(Cl)c2)c1. The number of carbonyl (C=O) groups is 3.